The van der Waals surface area contributed by atoms with Crippen molar-refractivity contribution in [2.45, 2.75) is 6.92 Å². The number of ether oxygens (including phenoxy) is 1. The predicted octanol–water partition coefficient (Wildman–Crippen LogP) is 5.55. The minimum Gasteiger partial charge on any atom is -0.493 e. The van der Waals surface area contributed by atoms with E-state index >= 15 is 0 Å². The second-order valence-corrected chi connectivity index (χ2v) is 6.35. The lowest BCUT2D eigenvalue weighted by Crippen LogP contribution is -2.13. The van der Waals surface area contributed by atoms with E-state index in [1.165, 1.54) is 0 Å². The molecular formula is C24H20N2O2. The van der Waals surface area contributed by atoms with Crippen molar-refractivity contribution in [3.8, 4) is 17.0 Å². The lowest BCUT2D eigenvalue weighted by Gasteiger charge is -2.11. The highest BCUT2D eigenvalue weighted by Gasteiger charge is 2.12. The van der Waals surface area contributed by atoms with Gasteiger partial charge >= 0.3 is 0 Å². The Bertz CT molecular complexity index is 1120. The summed E-state index contributed by atoms with van der Waals surface area (Å²) in [6.07, 6.45) is 0. The first-order chi connectivity index (χ1) is 13.7. The Morgan fingerprint density at radius 3 is 2.46 bits per heavy atom. The molecule has 4 aromatic rings. The molecule has 0 fully saturated rings. The average molecular weight is 368 g/mol. The maximum atomic E-state index is 12.6. The van der Waals surface area contributed by atoms with Crippen LogP contribution >= 0.6 is 0 Å². The largest absolute Gasteiger partial charge is 0.493 e. The van der Waals surface area contributed by atoms with Crippen molar-refractivity contribution in [2.75, 3.05) is 11.9 Å². The summed E-state index contributed by atoms with van der Waals surface area (Å²) in [6, 6.07) is 27.0. The number of benzene rings is 3. The highest BCUT2D eigenvalue weighted by atomic mass is 16.5. The number of rotatable bonds is 5. The molecular weight excluding hydrogens is 348 g/mol. The maximum Gasteiger partial charge on any atom is 0.259 e. The maximum absolute atomic E-state index is 12.6. The molecule has 1 amide bonds. The highest BCUT2D eigenvalue weighted by Crippen LogP contribution is 2.24. The third-order valence-electron chi connectivity index (χ3n) is 4.47. The fraction of sp³-hybridized carbons (Fsp3) is 0.0833. The zero-order valence-corrected chi connectivity index (χ0v) is 15.6. The number of pyridine rings is 1. The van der Waals surface area contributed by atoms with E-state index in [1.54, 1.807) is 12.1 Å². The molecule has 1 heterocycles. The number of fused-ring (bicyclic) bond motifs is 1. The summed E-state index contributed by atoms with van der Waals surface area (Å²) in [5.41, 5.74) is 4.10. The molecule has 0 saturated heterocycles. The van der Waals surface area contributed by atoms with Gasteiger partial charge in [-0.1, -0.05) is 48.5 Å². The number of aromatic nitrogens is 1. The first kappa shape index (κ1) is 17.7. The van der Waals surface area contributed by atoms with Crippen molar-refractivity contribution in [3.05, 3.63) is 90.5 Å². The second kappa shape index (κ2) is 7.92. The zero-order valence-electron chi connectivity index (χ0n) is 15.6. The molecule has 1 aromatic heterocycles. The van der Waals surface area contributed by atoms with Crippen LogP contribution in [0.2, 0.25) is 0 Å². The Morgan fingerprint density at radius 2 is 1.64 bits per heavy atom. The Kier molecular flexibility index (Phi) is 5.02. The first-order valence-electron chi connectivity index (χ1n) is 9.24. The summed E-state index contributed by atoms with van der Waals surface area (Å²) in [4.78, 5) is 17.3. The SMILES string of the molecule is CCOc1ccccc1C(=O)Nc1ccc(-c2ccc3ccccc3n2)cc1. The van der Waals surface area contributed by atoms with Crippen LogP contribution in [-0.2, 0) is 0 Å². The van der Waals surface area contributed by atoms with E-state index in [-0.39, 0.29) is 5.91 Å². The number of carbonyl (C=O) groups excluding carboxylic acids is 1. The molecule has 138 valence electrons. The van der Waals surface area contributed by atoms with E-state index in [0.29, 0.717) is 17.9 Å². The van der Waals surface area contributed by atoms with Crippen LogP contribution in [0.5, 0.6) is 5.75 Å². The first-order valence-corrected chi connectivity index (χ1v) is 9.24. The van der Waals surface area contributed by atoms with Gasteiger partial charge in [0, 0.05) is 16.6 Å². The summed E-state index contributed by atoms with van der Waals surface area (Å²) in [5, 5.41) is 4.04. The van der Waals surface area contributed by atoms with Crippen LogP contribution in [0.1, 0.15) is 17.3 Å². The van der Waals surface area contributed by atoms with Crippen LogP contribution in [0.25, 0.3) is 22.2 Å². The average Bonchev–Trinajstić information content (AvgIpc) is 2.74. The molecule has 0 aliphatic rings. The van der Waals surface area contributed by atoms with Gasteiger partial charge in [0.05, 0.1) is 23.4 Å². The molecule has 4 nitrogen and oxygen atoms in total. The molecule has 0 atom stereocenters. The number of hydrogen-bond donors (Lipinski definition) is 1. The van der Waals surface area contributed by atoms with Crippen LogP contribution in [0.15, 0.2) is 84.9 Å². The van der Waals surface area contributed by atoms with Crippen LogP contribution in [0.4, 0.5) is 5.69 Å². The van der Waals surface area contributed by atoms with E-state index < -0.39 is 0 Å². The molecule has 0 bridgehead atoms. The van der Waals surface area contributed by atoms with Crippen molar-refractivity contribution in [1.82, 2.24) is 4.98 Å². The van der Waals surface area contributed by atoms with Gasteiger partial charge in [-0.2, -0.15) is 0 Å². The normalized spacial score (nSPS) is 10.6. The van der Waals surface area contributed by atoms with Crippen molar-refractivity contribution < 1.29 is 9.53 Å². The van der Waals surface area contributed by atoms with Gasteiger partial charge in [-0.15, -0.1) is 0 Å². The molecule has 0 spiro atoms. The Morgan fingerprint density at radius 1 is 0.893 bits per heavy atom. The van der Waals surface area contributed by atoms with Crippen molar-refractivity contribution in [3.63, 3.8) is 0 Å². The molecule has 0 radical (unpaired) electrons. The van der Waals surface area contributed by atoms with E-state index in [9.17, 15) is 4.79 Å². The topological polar surface area (TPSA) is 51.2 Å². The van der Waals surface area contributed by atoms with Crippen LogP contribution in [-0.4, -0.2) is 17.5 Å². The smallest absolute Gasteiger partial charge is 0.259 e. The van der Waals surface area contributed by atoms with E-state index in [2.05, 4.69) is 11.4 Å². The lowest BCUT2D eigenvalue weighted by atomic mass is 10.1. The number of anilines is 1. The fourth-order valence-electron chi connectivity index (χ4n) is 3.09. The number of nitrogens with zero attached hydrogens (tertiary/aromatic N) is 1. The Hall–Kier alpha value is -3.66. The molecule has 0 aliphatic carbocycles. The zero-order chi connectivity index (χ0) is 19.3. The molecule has 0 saturated carbocycles. The third kappa shape index (κ3) is 3.71. The van der Waals surface area contributed by atoms with E-state index in [4.69, 9.17) is 9.72 Å². The minimum atomic E-state index is -0.194. The van der Waals surface area contributed by atoms with Gasteiger partial charge in [0.15, 0.2) is 0 Å². The monoisotopic (exact) mass is 368 g/mol. The molecule has 4 rings (SSSR count). The second-order valence-electron chi connectivity index (χ2n) is 6.35. The predicted molar refractivity (Wildman–Crippen MR) is 113 cm³/mol. The fourth-order valence-corrected chi connectivity index (χ4v) is 3.09. The lowest BCUT2D eigenvalue weighted by molar-refractivity contribution is 0.102. The summed E-state index contributed by atoms with van der Waals surface area (Å²) in [5.74, 6) is 0.389. The Balaban J connectivity index is 1.54. The number of hydrogen-bond acceptors (Lipinski definition) is 3. The summed E-state index contributed by atoms with van der Waals surface area (Å²) in [6.45, 7) is 2.41. The number of carbonyl (C=O) groups is 1. The number of amides is 1. The van der Waals surface area contributed by atoms with E-state index in [1.807, 2.05) is 73.7 Å². The summed E-state index contributed by atoms with van der Waals surface area (Å²) >= 11 is 0. The molecule has 0 unspecified atom stereocenters. The van der Waals surface area contributed by atoms with Crippen molar-refractivity contribution in [2.24, 2.45) is 0 Å². The van der Waals surface area contributed by atoms with Gasteiger partial charge in [-0.3, -0.25) is 4.79 Å². The standard InChI is InChI=1S/C24H20N2O2/c1-2-28-23-10-6-4-8-20(23)24(27)25-19-14-11-18(12-15-19)22-16-13-17-7-3-5-9-21(17)26-22/h3-16H,2H2,1H3,(H,25,27). The molecule has 28 heavy (non-hydrogen) atoms. The van der Waals surface area contributed by atoms with Gasteiger partial charge < -0.3 is 10.1 Å². The van der Waals surface area contributed by atoms with Gasteiger partial charge in [-0.25, -0.2) is 4.98 Å². The minimum absolute atomic E-state index is 0.194. The van der Waals surface area contributed by atoms with Crippen LogP contribution < -0.4 is 10.1 Å². The Labute approximate surface area is 163 Å². The summed E-state index contributed by atoms with van der Waals surface area (Å²) < 4.78 is 5.54. The van der Waals surface area contributed by atoms with Crippen LogP contribution in [0, 0.1) is 0 Å². The van der Waals surface area contributed by atoms with Gasteiger partial charge in [0.1, 0.15) is 5.75 Å². The highest BCUT2D eigenvalue weighted by molar-refractivity contribution is 6.06. The number of nitrogens with one attached hydrogen (secondary N) is 1. The summed E-state index contributed by atoms with van der Waals surface area (Å²) in [7, 11) is 0. The van der Waals surface area contributed by atoms with Crippen LogP contribution in [0.3, 0.4) is 0 Å². The number of para-hydroxylation sites is 2. The molecule has 1 N–H and O–H groups in total. The van der Waals surface area contributed by atoms with E-state index in [0.717, 1.165) is 27.8 Å². The van der Waals surface area contributed by atoms with Crippen molar-refractivity contribution in [1.29, 1.82) is 0 Å². The third-order valence-corrected chi connectivity index (χ3v) is 4.47. The molecule has 4 heteroatoms. The van der Waals surface area contributed by atoms with Crippen molar-refractivity contribution >= 4 is 22.5 Å². The van der Waals surface area contributed by atoms with Gasteiger partial charge in [0.2, 0.25) is 0 Å². The quantitative estimate of drug-likeness (QED) is 0.502. The molecule has 0 aliphatic heterocycles. The van der Waals surface area contributed by atoms with Gasteiger partial charge in [0.25, 0.3) is 5.91 Å². The van der Waals surface area contributed by atoms with Gasteiger partial charge in [-0.05, 0) is 43.3 Å². The molecule has 3 aromatic carbocycles.